The Kier molecular flexibility index (Phi) is 18.0. The monoisotopic (exact) mass is 444 g/mol. The number of phenolic OH excluding ortho intramolecular Hbond substituents is 1. The van der Waals surface area contributed by atoms with Gasteiger partial charge in [0.15, 0.2) is 0 Å². The molecule has 0 bridgehead atoms. The standard InChI is InChI=1S/C15H16N4O.C5H12N2O.2C2H6/c1-3-14(17)13-9-19(5-4-16)18-15(13)11-6-10(2)7-12(20)8-11;1-5(8)3-7-4-6-2;2*1-2/h3,6-9,20H,5,17H2,1-2H3;5,7-8H,2-4H2,1H3;2*1-2H3/b14-3-;;;/t;5-;;/m.0../s1. The Hall–Kier alpha value is -3.15. The number of phenols is 1. The van der Waals surface area contributed by atoms with Crippen LogP contribution >= 0.6 is 0 Å². The summed E-state index contributed by atoms with van der Waals surface area (Å²) in [7, 11) is 0. The van der Waals surface area contributed by atoms with Crippen molar-refractivity contribution in [2.75, 3.05) is 13.2 Å². The molecule has 8 heteroatoms. The average molecular weight is 445 g/mol. The fourth-order valence-corrected chi connectivity index (χ4v) is 2.41. The molecule has 5 N–H and O–H groups in total. The Morgan fingerprint density at radius 1 is 1.34 bits per heavy atom. The molecule has 0 saturated carbocycles. The number of aromatic nitrogens is 2. The smallest absolute Gasteiger partial charge is 0.128 e. The number of aliphatic hydroxyl groups is 1. The van der Waals surface area contributed by atoms with Crippen LogP contribution in [0.4, 0.5) is 0 Å². The molecule has 0 aliphatic heterocycles. The SMILES string of the molecule is C/C=C(\N)c1cn(CC#N)nc1-c1cc(C)cc(O)c1.C=NCNC[C@H](C)O.CC.CC. The molecule has 8 nitrogen and oxygen atoms in total. The fourth-order valence-electron chi connectivity index (χ4n) is 2.41. The van der Waals surface area contributed by atoms with Gasteiger partial charge in [-0.25, -0.2) is 0 Å². The van der Waals surface area contributed by atoms with Crippen LogP contribution in [0.25, 0.3) is 17.0 Å². The van der Waals surface area contributed by atoms with Crippen LogP contribution in [0, 0.1) is 18.3 Å². The first-order valence-electron chi connectivity index (χ1n) is 10.8. The summed E-state index contributed by atoms with van der Waals surface area (Å²) in [5, 5.41) is 34.4. The van der Waals surface area contributed by atoms with Crippen LogP contribution in [-0.4, -0.2) is 46.0 Å². The van der Waals surface area contributed by atoms with Crippen LogP contribution in [0.3, 0.4) is 0 Å². The summed E-state index contributed by atoms with van der Waals surface area (Å²) in [6.07, 6.45) is 3.23. The Morgan fingerprint density at radius 2 is 1.97 bits per heavy atom. The van der Waals surface area contributed by atoms with E-state index >= 15 is 0 Å². The van der Waals surface area contributed by atoms with E-state index in [1.54, 1.807) is 36.0 Å². The van der Waals surface area contributed by atoms with Gasteiger partial charge in [-0.2, -0.15) is 10.4 Å². The minimum Gasteiger partial charge on any atom is -0.508 e. The Balaban J connectivity index is 0. The van der Waals surface area contributed by atoms with Crippen LogP contribution in [-0.2, 0) is 6.54 Å². The van der Waals surface area contributed by atoms with E-state index in [0.29, 0.717) is 24.6 Å². The number of hydrogen-bond donors (Lipinski definition) is 4. The first kappa shape index (κ1) is 31.0. The molecule has 0 spiro atoms. The molecule has 0 radical (unpaired) electrons. The van der Waals surface area contributed by atoms with Crippen molar-refractivity contribution >= 4 is 12.4 Å². The lowest BCUT2D eigenvalue weighted by Crippen LogP contribution is -2.24. The second-order valence-corrected chi connectivity index (χ2v) is 6.23. The van der Waals surface area contributed by atoms with Gasteiger partial charge in [0.05, 0.1) is 18.8 Å². The molecule has 0 aliphatic carbocycles. The molecule has 0 amide bonds. The number of hydrogen-bond acceptors (Lipinski definition) is 7. The van der Waals surface area contributed by atoms with Crippen molar-refractivity contribution in [3.05, 3.63) is 41.6 Å². The molecule has 2 aromatic rings. The largest absolute Gasteiger partial charge is 0.508 e. The van der Waals surface area contributed by atoms with Gasteiger partial charge in [0.1, 0.15) is 18.0 Å². The number of aryl methyl sites for hydroxylation is 1. The van der Waals surface area contributed by atoms with Gasteiger partial charge < -0.3 is 15.9 Å². The number of nitrogens with zero attached hydrogens (tertiary/aromatic N) is 4. The van der Waals surface area contributed by atoms with Crippen molar-refractivity contribution in [2.45, 2.75) is 61.1 Å². The molecule has 1 aromatic carbocycles. The Bertz CT molecular complexity index is 830. The Morgan fingerprint density at radius 3 is 2.44 bits per heavy atom. The molecule has 0 fully saturated rings. The van der Waals surface area contributed by atoms with Gasteiger partial charge >= 0.3 is 0 Å². The molecular weight excluding hydrogens is 404 g/mol. The molecule has 0 saturated heterocycles. The maximum atomic E-state index is 9.72. The molecule has 2 rings (SSSR count). The van der Waals surface area contributed by atoms with Crippen LogP contribution in [0.5, 0.6) is 5.75 Å². The van der Waals surface area contributed by atoms with E-state index in [9.17, 15) is 5.11 Å². The molecule has 0 unspecified atom stereocenters. The summed E-state index contributed by atoms with van der Waals surface area (Å²) in [5.41, 5.74) is 9.69. The van der Waals surface area contributed by atoms with Crippen molar-refractivity contribution in [1.82, 2.24) is 15.1 Å². The van der Waals surface area contributed by atoms with Crippen LogP contribution in [0.2, 0.25) is 0 Å². The van der Waals surface area contributed by atoms with E-state index in [4.69, 9.17) is 16.1 Å². The highest BCUT2D eigenvalue weighted by molar-refractivity contribution is 5.78. The minimum absolute atomic E-state index is 0.155. The third kappa shape index (κ3) is 11.9. The van der Waals surface area contributed by atoms with Crippen LogP contribution in [0.1, 0.15) is 52.7 Å². The highest BCUT2D eigenvalue weighted by atomic mass is 16.3. The number of aliphatic imine (C=N–C) groups is 1. The quantitative estimate of drug-likeness (QED) is 0.376. The van der Waals surface area contributed by atoms with E-state index in [2.05, 4.69) is 22.1 Å². The molecule has 178 valence electrons. The number of benzene rings is 1. The first-order chi connectivity index (χ1) is 15.3. The second kappa shape index (κ2) is 18.6. The summed E-state index contributed by atoms with van der Waals surface area (Å²) in [6, 6.07) is 7.28. The normalized spacial score (nSPS) is 10.8. The first-order valence-corrected chi connectivity index (χ1v) is 10.8. The number of aliphatic hydroxyl groups excluding tert-OH is 1. The van der Waals surface area contributed by atoms with Gasteiger partial charge in [-0.15, -0.1) is 0 Å². The number of nitrogens with one attached hydrogen (secondary N) is 1. The topological polar surface area (TPSA) is 132 Å². The van der Waals surface area contributed by atoms with Gasteiger partial charge in [0.2, 0.25) is 0 Å². The fraction of sp³-hybridized carbons (Fsp3) is 0.458. The zero-order valence-electron chi connectivity index (χ0n) is 20.6. The molecule has 0 aliphatic rings. The number of allylic oxidation sites excluding steroid dienone is 1. The highest BCUT2D eigenvalue weighted by Gasteiger charge is 2.14. The molecule has 1 heterocycles. The molecule has 32 heavy (non-hydrogen) atoms. The Labute approximate surface area is 193 Å². The average Bonchev–Trinajstić information content (AvgIpc) is 3.20. The highest BCUT2D eigenvalue weighted by Crippen LogP contribution is 2.29. The van der Waals surface area contributed by atoms with Crippen molar-refractivity contribution < 1.29 is 10.2 Å². The van der Waals surface area contributed by atoms with E-state index in [0.717, 1.165) is 16.7 Å². The zero-order valence-corrected chi connectivity index (χ0v) is 20.6. The summed E-state index contributed by atoms with van der Waals surface area (Å²) in [5.74, 6) is 0.180. The van der Waals surface area contributed by atoms with Crippen molar-refractivity contribution in [3.63, 3.8) is 0 Å². The maximum absolute atomic E-state index is 9.72. The van der Waals surface area contributed by atoms with Crippen molar-refractivity contribution in [2.24, 2.45) is 10.7 Å². The third-order valence-electron chi connectivity index (χ3n) is 3.62. The number of nitriles is 1. The number of aromatic hydroxyl groups is 1. The van der Waals surface area contributed by atoms with Crippen molar-refractivity contribution in [3.8, 4) is 23.1 Å². The summed E-state index contributed by atoms with van der Waals surface area (Å²) < 4.78 is 1.54. The lowest BCUT2D eigenvalue weighted by molar-refractivity contribution is 0.192. The number of rotatable bonds is 7. The van der Waals surface area contributed by atoms with Gasteiger partial charge in [0.25, 0.3) is 0 Å². The second-order valence-electron chi connectivity index (χ2n) is 6.23. The lowest BCUT2D eigenvalue weighted by Gasteiger charge is -2.04. The maximum Gasteiger partial charge on any atom is 0.128 e. The summed E-state index contributed by atoms with van der Waals surface area (Å²) in [4.78, 5) is 3.54. The molecule has 1 atom stereocenters. The van der Waals surface area contributed by atoms with Gasteiger partial charge in [-0.1, -0.05) is 33.8 Å². The van der Waals surface area contributed by atoms with Gasteiger partial charge in [-0.3, -0.25) is 15.0 Å². The van der Waals surface area contributed by atoms with E-state index in [1.807, 2.05) is 53.7 Å². The van der Waals surface area contributed by atoms with Crippen molar-refractivity contribution in [1.29, 1.82) is 5.26 Å². The third-order valence-corrected chi connectivity index (χ3v) is 3.62. The van der Waals surface area contributed by atoms with Crippen LogP contribution in [0.15, 0.2) is 35.5 Å². The lowest BCUT2D eigenvalue weighted by atomic mass is 10.0. The predicted octanol–water partition coefficient (Wildman–Crippen LogP) is 4.07. The molecule has 1 aromatic heterocycles. The van der Waals surface area contributed by atoms with Gasteiger partial charge in [0, 0.05) is 29.6 Å². The summed E-state index contributed by atoms with van der Waals surface area (Å²) >= 11 is 0. The molecular formula is C24H40N6O2. The summed E-state index contributed by atoms with van der Waals surface area (Å²) in [6.45, 7) is 18.0. The zero-order chi connectivity index (χ0) is 25.1. The van der Waals surface area contributed by atoms with Gasteiger partial charge in [-0.05, 0) is 51.3 Å². The van der Waals surface area contributed by atoms with Crippen LogP contribution < -0.4 is 11.1 Å². The van der Waals surface area contributed by atoms with E-state index in [1.165, 1.54) is 0 Å². The van der Waals surface area contributed by atoms with E-state index in [-0.39, 0.29) is 18.4 Å². The predicted molar refractivity (Wildman–Crippen MR) is 134 cm³/mol. The minimum atomic E-state index is -0.295. The number of nitrogens with two attached hydrogens (primary N) is 1. The van der Waals surface area contributed by atoms with E-state index < -0.39 is 0 Å².